The fraction of sp³-hybridized carbons (Fsp3) is 0.345. The molecule has 0 spiro atoms. The van der Waals surface area contributed by atoms with Crippen LogP contribution in [-0.2, 0) is 6.42 Å². The van der Waals surface area contributed by atoms with Crippen LogP contribution in [0.4, 0.5) is 5.82 Å². The Labute approximate surface area is 221 Å². The molecule has 5 rings (SSSR count). The highest BCUT2D eigenvalue weighted by atomic mass is 16.5. The third-order valence-electron chi connectivity index (χ3n) is 6.62. The minimum atomic E-state index is -0.709. The second-order valence-electron chi connectivity index (χ2n) is 10.2. The van der Waals surface area contributed by atoms with Gasteiger partial charge in [-0.25, -0.2) is 19.6 Å². The first-order valence-corrected chi connectivity index (χ1v) is 12.9. The number of hydrogen-bond acceptors (Lipinski definition) is 7. The van der Waals surface area contributed by atoms with E-state index < -0.39 is 11.5 Å². The number of aliphatic hydroxyl groups is 1. The summed E-state index contributed by atoms with van der Waals surface area (Å²) in [5.74, 6) is 1.60. The second-order valence-corrected chi connectivity index (χ2v) is 10.2. The fourth-order valence-electron chi connectivity index (χ4n) is 4.65. The summed E-state index contributed by atoms with van der Waals surface area (Å²) in [7, 11) is 0. The molecule has 0 radical (unpaired) electrons. The number of benzene rings is 2. The van der Waals surface area contributed by atoms with Crippen LogP contribution < -0.4 is 10.1 Å². The highest BCUT2D eigenvalue weighted by Gasteiger charge is 2.28. The Hall–Kier alpha value is -4.11. The number of rotatable bonds is 9. The highest BCUT2D eigenvalue weighted by molar-refractivity contribution is 6.01. The molecule has 0 bridgehead atoms. The summed E-state index contributed by atoms with van der Waals surface area (Å²) in [5.41, 5.74) is 3.01. The average Bonchev–Trinajstić information content (AvgIpc) is 3.49. The van der Waals surface area contributed by atoms with Gasteiger partial charge in [-0.05, 0) is 63.3 Å². The number of nitrogens with one attached hydrogen (secondary N) is 1. The number of nitrogens with zero attached hydrogens (tertiary/aromatic N) is 5. The SMILES string of the molecule is Cc1ccc(OCCCC(C)(C)O)cc1-c1cc(NC(=O)c2nc3n(n2)C(c2ccccc2)CC3)ncn1. The Kier molecular flexibility index (Phi) is 7.20. The van der Waals surface area contributed by atoms with E-state index in [9.17, 15) is 9.90 Å². The molecular weight excluding hydrogens is 480 g/mol. The van der Waals surface area contributed by atoms with Crippen LogP contribution in [0.3, 0.4) is 0 Å². The standard InChI is InChI=1S/C29H32N6O3/c1-19-10-11-21(38-15-7-14-29(2,3)37)16-22(19)23-17-25(31-18-30-23)32-28(36)27-33-26-13-12-24(35(26)34-27)20-8-5-4-6-9-20/h4-6,8-11,16-18,24,37H,7,12-15H2,1-3H3,(H,30,31,32,36). The third-order valence-corrected chi connectivity index (χ3v) is 6.62. The van der Waals surface area contributed by atoms with Gasteiger partial charge in [0.2, 0.25) is 5.82 Å². The molecule has 2 aromatic heterocycles. The van der Waals surface area contributed by atoms with Crippen LogP contribution in [0, 0.1) is 6.92 Å². The highest BCUT2D eigenvalue weighted by Crippen LogP contribution is 2.31. The van der Waals surface area contributed by atoms with E-state index in [4.69, 9.17) is 4.74 Å². The van der Waals surface area contributed by atoms with Crippen LogP contribution in [0.15, 0.2) is 60.9 Å². The Morgan fingerprint density at radius 1 is 1.16 bits per heavy atom. The maximum absolute atomic E-state index is 13.0. The molecule has 4 aromatic rings. The van der Waals surface area contributed by atoms with Gasteiger partial charge in [0.05, 0.1) is 23.9 Å². The molecule has 1 atom stereocenters. The molecule has 2 aromatic carbocycles. The molecule has 1 aliphatic heterocycles. The van der Waals surface area contributed by atoms with Gasteiger partial charge in [0.1, 0.15) is 23.7 Å². The molecule has 2 N–H and O–H groups in total. The zero-order valence-corrected chi connectivity index (χ0v) is 21.9. The molecular formula is C29H32N6O3. The minimum Gasteiger partial charge on any atom is -0.494 e. The number of ether oxygens (including phenoxy) is 1. The number of aromatic nitrogens is 5. The van der Waals surface area contributed by atoms with Crippen molar-refractivity contribution in [3.05, 3.63) is 83.7 Å². The maximum Gasteiger partial charge on any atom is 0.296 e. The predicted molar refractivity (Wildman–Crippen MR) is 144 cm³/mol. The number of aryl methyl sites for hydroxylation is 2. The van der Waals surface area contributed by atoms with Crippen molar-refractivity contribution in [3.8, 4) is 17.0 Å². The summed E-state index contributed by atoms with van der Waals surface area (Å²) < 4.78 is 7.75. The van der Waals surface area contributed by atoms with Crippen LogP contribution in [0.2, 0.25) is 0 Å². The minimum absolute atomic E-state index is 0.0819. The molecule has 1 unspecified atom stereocenters. The third kappa shape index (κ3) is 5.89. The maximum atomic E-state index is 13.0. The van der Waals surface area contributed by atoms with Gasteiger partial charge in [-0.3, -0.25) is 4.79 Å². The topological polar surface area (TPSA) is 115 Å². The predicted octanol–water partition coefficient (Wildman–Crippen LogP) is 4.76. The second kappa shape index (κ2) is 10.7. The first kappa shape index (κ1) is 25.5. The van der Waals surface area contributed by atoms with Gasteiger partial charge < -0.3 is 15.2 Å². The van der Waals surface area contributed by atoms with E-state index in [1.807, 2.05) is 48.0 Å². The van der Waals surface area contributed by atoms with Gasteiger partial charge in [0, 0.05) is 18.1 Å². The lowest BCUT2D eigenvalue weighted by Gasteiger charge is -2.17. The van der Waals surface area contributed by atoms with E-state index in [0.29, 0.717) is 24.5 Å². The van der Waals surface area contributed by atoms with Crippen molar-refractivity contribution < 1.29 is 14.6 Å². The fourth-order valence-corrected chi connectivity index (χ4v) is 4.65. The molecule has 9 heteroatoms. The van der Waals surface area contributed by atoms with Crippen molar-refractivity contribution in [1.82, 2.24) is 24.7 Å². The monoisotopic (exact) mass is 512 g/mol. The molecule has 1 aliphatic rings. The lowest BCUT2D eigenvalue weighted by Crippen LogP contribution is -2.19. The lowest BCUT2D eigenvalue weighted by atomic mass is 10.0. The average molecular weight is 513 g/mol. The largest absolute Gasteiger partial charge is 0.494 e. The number of hydrogen-bond donors (Lipinski definition) is 2. The summed E-state index contributed by atoms with van der Waals surface area (Å²) in [6.07, 6.45) is 4.51. The first-order chi connectivity index (χ1) is 18.3. The normalized spacial score (nSPS) is 14.8. The van der Waals surface area contributed by atoms with Crippen LogP contribution in [-0.4, -0.2) is 48.0 Å². The van der Waals surface area contributed by atoms with E-state index in [1.165, 1.54) is 6.33 Å². The van der Waals surface area contributed by atoms with Gasteiger partial charge in [0.25, 0.3) is 5.91 Å². The van der Waals surface area contributed by atoms with E-state index in [2.05, 4.69) is 37.5 Å². The number of anilines is 1. The molecule has 0 fully saturated rings. The molecule has 1 amide bonds. The molecule has 0 aliphatic carbocycles. The van der Waals surface area contributed by atoms with E-state index in [0.717, 1.165) is 47.5 Å². The zero-order chi connectivity index (χ0) is 26.7. The van der Waals surface area contributed by atoms with Crippen molar-refractivity contribution >= 4 is 11.7 Å². The molecule has 0 saturated carbocycles. The van der Waals surface area contributed by atoms with Crippen LogP contribution in [0.5, 0.6) is 5.75 Å². The molecule has 0 saturated heterocycles. The van der Waals surface area contributed by atoms with E-state index in [1.54, 1.807) is 19.9 Å². The van der Waals surface area contributed by atoms with Crippen molar-refractivity contribution in [3.63, 3.8) is 0 Å². The Morgan fingerprint density at radius 3 is 2.76 bits per heavy atom. The summed E-state index contributed by atoms with van der Waals surface area (Å²) in [4.78, 5) is 26.1. The van der Waals surface area contributed by atoms with Gasteiger partial charge in [-0.2, -0.15) is 0 Å². The molecule has 9 nitrogen and oxygen atoms in total. The molecule has 196 valence electrons. The van der Waals surface area contributed by atoms with Crippen molar-refractivity contribution in [2.45, 2.75) is 58.1 Å². The van der Waals surface area contributed by atoms with Gasteiger partial charge in [-0.15, -0.1) is 5.10 Å². The summed E-state index contributed by atoms with van der Waals surface area (Å²) in [6, 6.07) is 17.8. The molecule has 38 heavy (non-hydrogen) atoms. The number of fused-ring (bicyclic) bond motifs is 1. The number of amides is 1. The van der Waals surface area contributed by atoms with Crippen LogP contribution in [0.25, 0.3) is 11.3 Å². The van der Waals surface area contributed by atoms with Crippen LogP contribution in [0.1, 0.15) is 66.7 Å². The Morgan fingerprint density at radius 2 is 1.97 bits per heavy atom. The summed E-state index contributed by atoms with van der Waals surface area (Å²) in [5, 5.41) is 17.2. The smallest absolute Gasteiger partial charge is 0.296 e. The summed E-state index contributed by atoms with van der Waals surface area (Å²) in [6.45, 7) is 6.08. The Balaban J connectivity index is 1.28. The van der Waals surface area contributed by atoms with Crippen molar-refractivity contribution in [1.29, 1.82) is 0 Å². The van der Waals surface area contributed by atoms with E-state index >= 15 is 0 Å². The van der Waals surface area contributed by atoms with Gasteiger partial charge >= 0.3 is 0 Å². The van der Waals surface area contributed by atoms with Gasteiger partial charge in [0.15, 0.2) is 0 Å². The molecule has 3 heterocycles. The number of carbonyl (C=O) groups excluding carboxylic acids is 1. The van der Waals surface area contributed by atoms with Crippen LogP contribution >= 0.6 is 0 Å². The lowest BCUT2D eigenvalue weighted by molar-refractivity contribution is 0.0641. The summed E-state index contributed by atoms with van der Waals surface area (Å²) >= 11 is 0. The Bertz CT molecular complexity index is 1430. The van der Waals surface area contributed by atoms with Crippen molar-refractivity contribution in [2.24, 2.45) is 0 Å². The first-order valence-electron chi connectivity index (χ1n) is 12.9. The number of carbonyl (C=O) groups is 1. The van der Waals surface area contributed by atoms with Crippen molar-refractivity contribution in [2.75, 3.05) is 11.9 Å². The zero-order valence-electron chi connectivity index (χ0n) is 21.9. The quantitative estimate of drug-likeness (QED) is 0.311. The van der Waals surface area contributed by atoms with E-state index in [-0.39, 0.29) is 11.9 Å². The van der Waals surface area contributed by atoms with Gasteiger partial charge in [-0.1, -0.05) is 36.4 Å².